The summed E-state index contributed by atoms with van der Waals surface area (Å²) in [5, 5.41) is 42.8. The lowest BCUT2D eigenvalue weighted by atomic mass is 9.44. The van der Waals surface area contributed by atoms with Gasteiger partial charge >= 0.3 is 11.9 Å². The van der Waals surface area contributed by atoms with Gasteiger partial charge in [-0.2, -0.15) is 0 Å². The average molecular weight is 783 g/mol. The Morgan fingerprint density at radius 2 is 1.37 bits per heavy atom. The molecule has 0 heterocycles. The molecule has 0 aromatic heterocycles. The third kappa shape index (κ3) is 7.63. The third-order valence-electron chi connectivity index (χ3n) is 14.7. The van der Waals surface area contributed by atoms with Crippen molar-refractivity contribution >= 4 is 46.6 Å². The van der Waals surface area contributed by atoms with Crippen LogP contribution >= 0.6 is 23.2 Å². The molecule has 9 atom stereocenters. The van der Waals surface area contributed by atoms with E-state index in [1.807, 2.05) is 0 Å². The van der Waals surface area contributed by atoms with Crippen LogP contribution in [0.5, 0.6) is 11.5 Å². The molecule has 1 amide bonds. The molecule has 0 spiro atoms. The van der Waals surface area contributed by atoms with Crippen LogP contribution in [0.1, 0.15) is 144 Å². The van der Waals surface area contributed by atoms with Gasteiger partial charge in [-0.1, -0.05) is 77.1 Å². The average Bonchev–Trinajstić information content (AvgIpc) is 3.46. The van der Waals surface area contributed by atoms with Crippen molar-refractivity contribution in [2.24, 2.45) is 52.3 Å². The first-order valence-corrected chi connectivity index (χ1v) is 20.7. The number of aromatic carboxylic acids is 2. The number of hydrogen-bond donors (Lipinski definition) is 5. The molecule has 54 heavy (non-hydrogen) atoms. The van der Waals surface area contributed by atoms with Crippen LogP contribution in [0, 0.1) is 52.3 Å². The summed E-state index contributed by atoms with van der Waals surface area (Å²) >= 11 is 12.5. The third-order valence-corrected chi connectivity index (χ3v) is 15.3. The normalized spacial score (nSPS) is 30.8. The van der Waals surface area contributed by atoms with Crippen molar-refractivity contribution < 1.29 is 34.8 Å². The zero-order valence-electron chi connectivity index (χ0n) is 32.3. The smallest absolute Gasteiger partial charge is 0.339 e. The second-order valence-corrected chi connectivity index (χ2v) is 18.9. The summed E-state index contributed by atoms with van der Waals surface area (Å²) in [4.78, 5) is 37.8. The zero-order valence-corrected chi connectivity index (χ0v) is 33.8. The molecule has 6 rings (SSSR count). The number of halogens is 2. The summed E-state index contributed by atoms with van der Waals surface area (Å²) in [5.41, 5.74) is 0.152. The molecule has 4 saturated carbocycles. The van der Waals surface area contributed by atoms with E-state index >= 15 is 0 Å². The maximum atomic E-state index is 13.8. The van der Waals surface area contributed by atoms with Crippen molar-refractivity contribution in [3.8, 4) is 11.5 Å². The molecule has 0 aliphatic heterocycles. The van der Waals surface area contributed by atoms with Crippen LogP contribution < -0.4 is 5.32 Å². The lowest BCUT2D eigenvalue weighted by Crippen LogP contribution is -2.55. The van der Waals surface area contributed by atoms with Crippen LogP contribution in [0.2, 0.25) is 10.0 Å². The number of carbonyl (C=O) groups is 3. The fraction of sp³-hybridized carbons (Fsp3) is 0.614. The number of phenols is 2. The van der Waals surface area contributed by atoms with Crippen LogP contribution in [0.15, 0.2) is 30.3 Å². The molecule has 2 aromatic rings. The highest BCUT2D eigenvalue weighted by molar-refractivity contribution is 6.33. The molecule has 0 bridgehead atoms. The quantitative estimate of drug-likeness (QED) is 0.143. The van der Waals surface area contributed by atoms with Gasteiger partial charge in [-0.25, -0.2) is 9.59 Å². The summed E-state index contributed by atoms with van der Waals surface area (Å²) in [5.74, 6) is 0.606. The summed E-state index contributed by atoms with van der Waals surface area (Å²) < 4.78 is 0. The van der Waals surface area contributed by atoms with Gasteiger partial charge in [0.15, 0.2) is 0 Å². The fourth-order valence-corrected chi connectivity index (χ4v) is 12.4. The van der Waals surface area contributed by atoms with Crippen LogP contribution in [0.3, 0.4) is 0 Å². The number of carboxylic acid groups (broad SMARTS) is 2. The van der Waals surface area contributed by atoms with E-state index in [0.29, 0.717) is 17.3 Å². The number of aromatic hydroxyl groups is 2. The molecule has 5 N–H and O–H groups in total. The van der Waals surface area contributed by atoms with E-state index in [1.165, 1.54) is 88.1 Å². The molecule has 4 unspecified atom stereocenters. The number of amides is 1. The fourth-order valence-electron chi connectivity index (χ4n) is 12.0. The van der Waals surface area contributed by atoms with E-state index in [2.05, 4.69) is 39.9 Å². The van der Waals surface area contributed by atoms with Crippen molar-refractivity contribution in [3.63, 3.8) is 0 Å². The van der Waals surface area contributed by atoms with Gasteiger partial charge in [0.2, 0.25) is 5.91 Å². The maximum absolute atomic E-state index is 13.8. The number of hydrogen-bond acceptors (Lipinski definition) is 5. The van der Waals surface area contributed by atoms with E-state index < -0.39 is 40.5 Å². The van der Waals surface area contributed by atoms with Crippen molar-refractivity contribution in [3.05, 3.63) is 62.6 Å². The molecular weight excluding hydrogens is 725 g/mol. The molecule has 4 fully saturated rings. The molecule has 4 aliphatic carbocycles. The Bertz CT molecular complexity index is 1750. The van der Waals surface area contributed by atoms with Crippen LogP contribution in [0.25, 0.3) is 5.57 Å². The molecule has 0 radical (unpaired) electrons. The summed E-state index contributed by atoms with van der Waals surface area (Å²) in [7, 11) is 0. The van der Waals surface area contributed by atoms with Crippen molar-refractivity contribution in [2.75, 3.05) is 0 Å². The highest BCUT2D eigenvalue weighted by atomic mass is 35.5. The molecule has 2 aromatic carbocycles. The van der Waals surface area contributed by atoms with Crippen LogP contribution in [0.4, 0.5) is 0 Å². The lowest BCUT2D eigenvalue weighted by molar-refractivity contribution is -0.125. The lowest BCUT2D eigenvalue weighted by Gasteiger charge is -2.61. The van der Waals surface area contributed by atoms with Gasteiger partial charge in [0.25, 0.3) is 0 Å². The first-order chi connectivity index (χ1) is 25.4. The van der Waals surface area contributed by atoms with Crippen molar-refractivity contribution in [1.82, 2.24) is 5.32 Å². The number of carbonyl (C=O) groups excluding carboxylic acids is 1. The standard InChI is InChI=1S/C44H57Cl2NO7/c1-23(2)7-6-8-24(3)33-11-12-34-29-10-9-27-21-28(13-15-43(27,4)35(29)14-16-44(33,34)5)47-38(48)22-30(25-17-31(41(51)52)39(49)36(45)19-25)26-18-32(42(53)54)40(50)37(46)20-26/h17-20,22-24,27-29,33-35,49-50H,6-16,21H2,1-5H3,(H,47,48)(H,51,52)(H,53,54)/t24?,27-,28-,29?,33+,34?,35?,43-,44+/m0/s1. The Labute approximate surface area is 329 Å². The number of nitrogens with one attached hydrogen (secondary N) is 1. The van der Waals surface area contributed by atoms with Gasteiger partial charge in [0.05, 0.1) is 10.0 Å². The molecule has 294 valence electrons. The topological polar surface area (TPSA) is 144 Å². The minimum Gasteiger partial charge on any atom is -0.505 e. The Morgan fingerprint density at radius 3 is 1.94 bits per heavy atom. The van der Waals surface area contributed by atoms with Crippen LogP contribution in [-0.4, -0.2) is 44.3 Å². The molecule has 10 heteroatoms. The van der Waals surface area contributed by atoms with Gasteiger partial charge in [0.1, 0.15) is 22.6 Å². The number of rotatable bonds is 11. The monoisotopic (exact) mass is 781 g/mol. The highest BCUT2D eigenvalue weighted by Gasteiger charge is 2.60. The Kier molecular flexibility index (Phi) is 11.8. The summed E-state index contributed by atoms with van der Waals surface area (Å²) in [6.07, 6.45) is 15.9. The first kappa shape index (κ1) is 40.4. The Morgan fingerprint density at radius 1 is 0.796 bits per heavy atom. The van der Waals surface area contributed by atoms with Crippen molar-refractivity contribution in [2.45, 2.75) is 118 Å². The van der Waals surface area contributed by atoms with Gasteiger partial charge in [-0.05, 0) is 151 Å². The highest BCUT2D eigenvalue weighted by Crippen LogP contribution is 2.68. The molecule has 0 saturated heterocycles. The molecular formula is C44H57Cl2NO7. The van der Waals surface area contributed by atoms with E-state index in [0.717, 1.165) is 48.9 Å². The van der Waals surface area contributed by atoms with E-state index in [1.54, 1.807) is 0 Å². The minimum atomic E-state index is -1.43. The molecule has 8 nitrogen and oxygen atoms in total. The van der Waals surface area contributed by atoms with E-state index in [4.69, 9.17) is 23.2 Å². The predicted molar refractivity (Wildman–Crippen MR) is 212 cm³/mol. The largest absolute Gasteiger partial charge is 0.505 e. The van der Waals surface area contributed by atoms with Gasteiger partial charge in [-0.3, -0.25) is 4.79 Å². The van der Waals surface area contributed by atoms with Crippen LogP contribution in [-0.2, 0) is 4.79 Å². The molecule has 4 aliphatic rings. The zero-order chi connectivity index (χ0) is 39.3. The SMILES string of the molecule is CC(C)CCCC(C)[C@H]1CCC2C3CC[C@H]4C[C@@H](NC(=O)C=C(c5cc(Cl)c(O)c(C(=O)O)c5)c5cc(Cl)c(O)c(C(=O)O)c5)CC[C@]4(C)C3CC[C@@]21C. The van der Waals surface area contributed by atoms with Gasteiger partial charge in [0, 0.05) is 12.1 Å². The van der Waals surface area contributed by atoms with Gasteiger partial charge < -0.3 is 25.7 Å². The van der Waals surface area contributed by atoms with E-state index in [9.17, 15) is 34.8 Å². The minimum absolute atomic E-state index is 0.0583. The number of carboxylic acids is 2. The Balaban J connectivity index is 1.20. The van der Waals surface area contributed by atoms with Gasteiger partial charge in [-0.15, -0.1) is 0 Å². The maximum Gasteiger partial charge on any atom is 0.339 e. The second kappa shape index (κ2) is 15.7. The van der Waals surface area contributed by atoms with Crippen molar-refractivity contribution in [1.29, 1.82) is 0 Å². The number of fused-ring (bicyclic) bond motifs is 5. The number of benzene rings is 2. The Hall–Kier alpha value is -3.23. The summed E-state index contributed by atoms with van der Waals surface area (Å²) in [6, 6.07) is 4.90. The summed E-state index contributed by atoms with van der Waals surface area (Å²) in [6.45, 7) is 12.3. The first-order valence-electron chi connectivity index (χ1n) is 20.0. The van der Waals surface area contributed by atoms with E-state index in [-0.39, 0.29) is 38.2 Å². The second-order valence-electron chi connectivity index (χ2n) is 18.0. The predicted octanol–water partition coefficient (Wildman–Crippen LogP) is 10.8.